The van der Waals surface area contributed by atoms with Gasteiger partial charge in [-0.3, -0.25) is 0 Å². The number of ether oxygens (including phenoxy) is 2. The molecule has 0 unspecified atom stereocenters. The maximum absolute atomic E-state index is 5.89. The van der Waals surface area contributed by atoms with Gasteiger partial charge < -0.3 is 15.2 Å². The molecule has 78 valence electrons. The Kier molecular flexibility index (Phi) is 4.04. The summed E-state index contributed by atoms with van der Waals surface area (Å²) in [7, 11) is 1.62. The van der Waals surface area contributed by atoms with Crippen LogP contribution in [0.3, 0.4) is 0 Å². The van der Waals surface area contributed by atoms with Crippen LogP contribution in [-0.4, -0.2) is 20.3 Å². The molecule has 1 aromatic carbocycles. The first-order valence-corrected chi connectivity index (χ1v) is 4.70. The molecule has 14 heavy (non-hydrogen) atoms. The van der Waals surface area contributed by atoms with Gasteiger partial charge >= 0.3 is 0 Å². The molecule has 0 radical (unpaired) electrons. The third-order valence-corrected chi connectivity index (χ3v) is 2.24. The molecule has 0 aliphatic carbocycles. The minimum Gasteiger partial charge on any atom is -0.489 e. The van der Waals surface area contributed by atoms with Gasteiger partial charge in [0.2, 0.25) is 0 Å². The summed E-state index contributed by atoms with van der Waals surface area (Å²) in [5, 5.41) is 0.654. The summed E-state index contributed by atoms with van der Waals surface area (Å²) in [4.78, 5) is 0. The minimum absolute atomic E-state index is 0.488. The third kappa shape index (κ3) is 2.79. The Morgan fingerprint density at radius 3 is 2.71 bits per heavy atom. The maximum Gasteiger partial charge on any atom is 0.142 e. The normalized spacial score (nSPS) is 10.2. The summed E-state index contributed by atoms with van der Waals surface area (Å²) in [6.45, 7) is 2.94. The van der Waals surface area contributed by atoms with Crippen molar-refractivity contribution in [1.82, 2.24) is 0 Å². The van der Waals surface area contributed by atoms with Gasteiger partial charge in [-0.15, -0.1) is 0 Å². The average Bonchev–Trinajstić information content (AvgIpc) is 2.14. The number of halogens is 1. The number of rotatable bonds is 4. The predicted octanol–water partition coefficient (Wildman–Crippen LogP) is 2.26. The molecule has 2 N–H and O–H groups in total. The first-order chi connectivity index (χ1) is 6.65. The van der Waals surface area contributed by atoms with Crippen molar-refractivity contribution in [3.8, 4) is 5.75 Å². The van der Waals surface area contributed by atoms with E-state index in [4.69, 9.17) is 26.8 Å². The Morgan fingerprint density at radius 2 is 2.07 bits per heavy atom. The summed E-state index contributed by atoms with van der Waals surface area (Å²) in [6.07, 6.45) is 0. The van der Waals surface area contributed by atoms with Crippen LogP contribution in [0.4, 0.5) is 5.69 Å². The lowest BCUT2D eigenvalue weighted by Gasteiger charge is -2.10. The summed E-state index contributed by atoms with van der Waals surface area (Å²) in [6, 6.07) is 3.52. The highest BCUT2D eigenvalue weighted by Crippen LogP contribution is 2.28. The van der Waals surface area contributed by atoms with Gasteiger partial charge in [0.25, 0.3) is 0 Å². The van der Waals surface area contributed by atoms with Crippen LogP contribution in [0.1, 0.15) is 5.56 Å². The summed E-state index contributed by atoms with van der Waals surface area (Å²) in [5.74, 6) is 0.656. The quantitative estimate of drug-likeness (QED) is 0.619. The van der Waals surface area contributed by atoms with E-state index in [1.807, 2.05) is 13.0 Å². The van der Waals surface area contributed by atoms with Crippen LogP contribution in [0.2, 0.25) is 5.02 Å². The van der Waals surface area contributed by atoms with Crippen LogP contribution in [-0.2, 0) is 4.74 Å². The van der Waals surface area contributed by atoms with Gasteiger partial charge in [-0.05, 0) is 24.6 Å². The lowest BCUT2D eigenvalue weighted by Crippen LogP contribution is -2.06. The van der Waals surface area contributed by atoms with Gasteiger partial charge in [-0.1, -0.05) is 11.6 Å². The number of benzene rings is 1. The van der Waals surface area contributed by atoms with E-state index in [0.29, 0.717) is 29.7 Å². The van der Waals surface area contributed by atoms with E-state index in [2.05, 4.69) is 0 Å². The van der Waals surface area contributed by atoms with E-state index < -0.39 is 0 Å². The van der Waals surface area contributed by atoms with Gasteiger partial charge in [0.15, 0.2) is 0 Å². The zero-order chi connectivity index (χ0) is 10.6. The Morgan fingerprint density at radius 1 is 1.36 bits per heavy atom. The summed E-state index contributed by atoms with van der Waals surface area (Å²) < 4.78 is 10.3. The van der Waals surface area contributed by atoms with Crippen molar-refractivity contribution < 1.29 is 9.47 Å². The second-order valence-electron chi connectivity index (χ2n) is 2.98. The minimum atomic E-state index is 0.488. The zero-order valence-corrected chi connectivity index (χ0v) is 9.10. The fourth-order valence-corrected chi connectivity index (χ4v) is 1.20. The van der Waals surface area contributed by atoms with Gasteiger partial charge in [-0.25, -0.2) is 0 Å². The highest BCUT2D eigenvalue weighted by molar-refractivity contribution is 6.31. The van der Waals surface area contributed by atoms with E-state index in [0.717, 1.165) is 5.56 Å². The van der Waals surface area contributed by atoms with Gasteiger partial charge in [0.1, 0.15) is 12.4 Å². The maximum atomic E-state index is 5.89. The van der Waals surface area contributed by atoms with Crippen molar-refractivity contribution in [2.24, 2.45) is 0 Å². The van der Waals surface area contributed by atoms with Crippen molar-refractivity contribution >= 4 is 17.3 Å². The van der Waals surface area contributed by atoms with E-state index in [-0.39, 0.29) is 0 Å². The smallest absolute Gasteiger partial charge is 0.142 e. The fraction of sp³-hybridized carbons (Fsp3) is 0.400. The van der Waals surface area contributed by atoms with Crippen LogP contribution < -0.4 is 10.5 Å². The molecule has 0 aromatic heterocycles. The van der Waals surface area contributed by atoms with Crippen LogP contribution in [0.25, 0.3) is 0 Å². The zero-order valence-electron chi connectivity index (χ0n) is 8.34. The van der Waals surface area contributed by atoms with E-state index >= 15 is 0 Å². The average molecular weight is 216 g/mol. The molecule has 0 atom stereocenters. The summed E-state index contributed by atoms with van der Waals surface area (Å²) in [5.41, 5.74) is 7.23. The molecule has 4 heteroatoms. The number of aryl methyl sites for hydroxylation is 1. The topological polar surface area (TPSA) is 44.5 Å². The van der Waals surface area contributed by atoms with Crippen molar-refractivity contribution in [2.45, 2.75) is 6.92 Å². The largest absolute Gasteiger partial charge is 0.489 e. The molecular formula is C10H14ClNO2. The van der Waals surface area contributed by atoms with E-state index in [1.54, 1.807) is 13.2 Å². The highest BCUT2D eigenvalue weighted by Gasteiger charge is 2.04. The molecule has 1 aromatic rings. The molecule has 0 aliphatic heterocycles. The molecule has 1 rings (SSSR count). The van der Waals surface area contributed by atoms with Crippen molar-refractivity contribution in [1.29, 1.82) is 0 Å². The first kappa shape index (κ1) is 11.1. The first-order valence-electron chi connectivity index (χ1n) is 4.32. The second-order valence-corrected chi connectivity index (χ2v) is 3.39. The van der Waals surface area contributed by atoms with Crippen LogP contribution in [0.15, 0.2) is 12.1 Å². The molecule has 3 nitrogen and oxygen atoms in total. The predicted molar refractivity (Wildman–Crippen MR) is 58.0 cm³/mol. The Hall–Kier alpha value is -0.930. The van der Waals surface area contributed by atoms with Crippen molar-refractivity contribution in [3.63, 3.8) is 0 Å². The lowest BCUT2D eigenvalue weighted by molar-refractivity contribution is 0.146. The Balaban J connectivity index is 2.72. The molecular weight excluding hydrogens is 202 g/mol. The molecule has 0 fully saturated rings. The Labute approximate surface area is 88.8 Å². The monoisotopic (exact) mass is 215 g/mol. The third-order valence-electron chi connectivity index (χ3n) is 1.84. The molecule has 0 amide bonds. The number of nitrogens with two attached hydrogens (primary N) is 1. The number of nitrogen functional groups attached to an aromatic ring is 1. The number of anilines is 1. The molecule has 0 bridgehead atoms. The fourth-order valence-electron chi connectivity index (χ4n) is 1.03. The number of hydrogen-bond acceptors (Lipinski definition) is 3. The molecule has 0 heterocycles. The SMILES string of the molecule is COCCOc1cc(C)c(Cl)cc1N. The van der Waals surface area contributed by atoms with Gasteiger partial charge in [0.05, 0.1) is 12.3 Å². The van der Waals surface area contributed by atoms with E-state index in [1.165, 1.54) is 0 Å². The summed E-state index contributed by atoms with van der Waals surface area (Å²) >= 11 is 5.89. The molecule has 0 spiro atoms. The van der Waals surface area contributed by atoms with E-state index in [9.17, 15) is 0 Å². The Bertz CT molecular complexity index is 315. The van der Waals surface area contributed by atoms with Crippen molar-refractivity contribution in [3.05, 3.63) is 22.7 Å². The molecule has 0 aliphatic rings. The lowest BCUT2D eigenvalue weighted by atomic mass is 10.2. The van der Waals surface area contributed by atoms with Crippen LogP contribution >= 0.6 is 11.6 Å². The number of methoxy groups -OCH3 is 1. The molecule has 0 saturated heterocycles. The standard InChI is InChI=1S/C10H14ClNO2/c1-7-5-10(14-4-3-13-2)9(12)6-8(7)11/h5-6H,3-4,12H2,1-2H3. The highest BCUT2D eigenvalue weighted by atomic mass is 35.5. The van der Waals surface area contributed by atoms with Crippen LogP contribution in [0, 0.1) is 6.92 Å². The van der Waals surface area contributed by atoms with Gasteiger partial charge in [-0.2, -0.15) is 0 Å². The van der Waals surface area contributed by atoms with Crippen molar-refractivity contribution in [2.75, 3.05) is 26.1 Å². The second kappa shape index (κ2) is 5.08. The van der Waals surface area contributed by atoms with Crippen LogP contribution in [0.5, 0.6) is 5.75 Å². The molecule has 0 saturated carbocycles. The van der Waals surface area contributed by atoms with Gasteiger partial charge in [0, 0.05) is 12.1 Å². The number of hydrogen-bond donors (Lipinski definition) is 1.